The van der Waals surface area contributed by atoms with Crippen molar-refractivity contribution < 1.29 is 4.79 Å². The van der Waals surface area contributed by atoms with E-state index < -0.39 is 0 Å². The summed E-state index contributed by atoms with van der Waals surface area (Å²) in [5.74, 6) is -0.0366. The van der Waals surface area contributed by atoms with Crippen molar-refractivity contribution in [2.75, 3.05) is 6.54 Å². The fourth-order valence-electron chi connectivity index (χ4n) is 2.71. The van der Waals surface area contributed by atoms with Crippen molar-refractivity contribution in [1.29, 1.82) is 0 Å². The van der Waals surface area contributed by atoms with Gasteiger partial charge in [0.05, 0.1) is 34.2 Å². The summed E-state index contributed by atoms with van der Waals surface area (Å²) < 4.78 is 9.14. The number of benzene rings is 1. The molecule has 2 aromatic heterocycles. The van der Waals surface area contributed by atoms with Crippen LogP contribution in [-0.2, 0) is 0 Å². The molecular weight excluding hydrogens is 304 g/mol. The van der Waals surface area contributed by atoms with E-state index in [-0.39, 0.29) is 11.9 Å². The van der Waals surface area contributed by atoms with Gasteiger partial charge in [0.2, 0.25) is 0 Å². The number of likely N-dealkylation sites (tertiary alicyclic amines) is 1. The number of fused-ring (bicyclic) bond motifs is 1. The predicted octanol–water partition coefficient (Wildman–Crippen LogP) is 3.13. The van der Waals surface area contributed by atoms with Crippen LogP contribution >= 0.6 is 23.1 Å². The van der Waals surface area contributed by atoms with Gasteiger partial charge in [0, 0.05) is 6.54 Å². The van der Waals surface area contributed by atoms with Crippen LogP contribution in [0.25, 0.3) is 10.2 Å². The number of rotatable bonds is 2. The number of para-hydroxylation sites is 1. The fourth-order valence-corrected chi connectivity index (χ4v) is 4.23. The van der Waals surface area contributed by atoms with Gasteiger partial charge in [0.15, 0.2) is 5.69 Å². The summed E-state index contributed by atoms with van der Waals surface area (Å²) in [6.45, 7) is 0.761. The minimum Gasteiger partial charge on any atom is -0.328 e. The molecule has 0 unspecified atom stereocenters. The first-order valence-corrected chi connectivity index (χ1v) is 8.31. The van der Waals surface area contributed by atoms with Crippen LogP contribution in [-0.4, -0.2) is 31.1 Å². The molecule has 7 heteroatoms. The quantitative estimate of drug-likeness (QED) is 0.729. The summed E-state index contributed by atoms with van der Waals surface area (Å²) in [6.07, 6.45) is 3.51. The lowest BCUT2D eigenvalue weighted by Crippen LogP contribution is -2.30. The van der Waals surface area contributed by atoms with Crippen molar-refractivity contribution in [3.8, 4) is 0 Å². The Morgan fingerprint density at radius 1 is 1.33 bits per heavy atom. The Morgan fingerprint density at radius 2 is 2.24 bits per heavy atom. The summed E-state index contributed by atoms with van der Waals surface area (Å²) in [5.41, 5.74) is 1.44. The van der Waals surface area contributed by atoms with E-state index in [1.54, 1.807) is 17.5 Å². The molecule has 1 aliphatic rings. The molecule has 5 nitrogen and oxygen atoms in total. The van der Waals surface area contributed by atoms with Crippen LogP contribution in [0.4, 0.5) is 0 Å². The molecule has 1 aliphatic heterocycles. The molecule has 1 saturated heterocycles. The molecule has 21 heavy (non-hydrogen) atoms. The standard InChI is InChI=1S/C14H12N4OS2/c19-14(10-8-15-21-17-10)18-7-3-5-11(18)13-16-9-4-1-2-6-12(9)20-13/h1-2,4,6,8,11H,3,5,7H2/t11-/m1/s1. The first kappa shape index (κ1) is 12.8. The van der Waals surface area contributed by atoms with E-state index in [1.165, 1.54) is 4.70 Å². The largest absolute Gasteiger partial charge is 0.328 e. The second-order valence-corrected chi connectivity index (χ2v) is 6.59. The molecular formula is C14H12N4OS2. The molecule has 0 bridgehead atoms. The summed E-state index contributed by atoms with van der Waals surface area (Å²) >= 11 is 2.74. The van der Waals surface area contributed by atoms with Crippen molar-refractivity contribution in [3.05, 3.63) is 41.2 Å². The highest BCUT2D eigenvalue weighted by molar-refractivity contribution is 7.18. The molecule has 0 radical (unpaired) electrons. The maximum absolute atomic E-state index is 12.5. The number of carbonyl (C=O) groups is 1. The molecule has 0 saturated carbocycles. The number of hydrogen-bond donors (Lipinski definition) is 0. The molecule has 0 aliphatic carbocycles. The molecule has 0 spiro atoms. The molecule has 106 valence electrons. The van der Waals surface area contributed by atoms with E-state index in [0.29, 0.717) is 5.69 Å². The Bertz CT molecular complexity index is 750. The van der Waals surface area contributed by atoms with Crippen LogP contribution in [0.5, 0.6) is 0 Å². The summed E-state index contributed by atoms with van der Waals surface area (Å²) in [7, 11) is 0. The van der Waals surface area contributed by atoms with Crippen molar-refractivity contribution >= 4 is 39.2 Å². The van der Waals surface area contributed by atoms with Gasteiger partial charge in [-0.25, -0.2) is 4.98 Å². The normalized spacial score (nSPS) is 18.5. The lowest BCUT2D eigenvalue weighted by Gasteiger charge is -2.21. The Labute approximate surface area is 129 Å². The Balaban J connectivity index is 1.68. The maximum Gasteiger partial charge on any atom is 0.275 e. The molecule has 3 heterocycles. The van der Waals surface area contributed by atoms with Gasteiger partial charge in [0.1, 0.15) is 5.01 Å². The monoisotopic (exact) mass is 316 g/mol. The van der Waals surface area contributed by atoms with Crippen LogP contribution < -0.4 is 0 Å². The van der Waals surface area contributed by atoms with E-state index in [2.05, 4.69) is 14.8 Å². The predicted molar refractivity (Wildman–Crippen MR) is 82.5 cm³/mol. The van der Waals surface area contributed by atoms with Gasteiger partial charge in [-0.05, 0) is 25.0 Å². The Hall–Kier alpha value is -1.86. The third-order valence-electron chi connectivity index (χ3n) is 3.69. The van der Waals surface area contributed by atoms with Crippen molar-refractivity contribution in [1.82, 2.24) is 18.6 Å². The van der Waals surface area contributed by atoms with E-state index in [0.717, 1.165) is 41.6 Å². The Kier molecular flexibility index (Phi) is 3.16. The summed E-state index contributed by atoms with van der Waals surface area (Å²) in [6, 6.07) is 8.16. The summed E-state index contributed by atoms with van der Waals surface area (Å²) in [5, 5.41) is 1.02. The molecule has 0 N–H and O–H groups in total. The van der Waals surface area contributed by atoms with Gasteiger partial charge in [-0.1, -0.05) is 12.1 Å². The van der Waals surface area contributed by atoms with Gasteiger partial charge < -0.3 is 4.90 Å². The lowest BCUT2D eigenvalue weighted by molar-refractivity contribution is 0.0730. The highest BCUT2D eigenvalue weighted by Gasteiger charge is 2.33. The van der Waals surface area contributed by atoms with Crippen molar-refractivity contribution in [2.24, 2.45) is 0 Å². The van der Waals surface area contributed by atoms with Crippen LogP contribution in [0.1, 0.15) is 34.4 Å². The van der Waals surface area contributed by atoms with E-state index in [1.807, 2.05) is 23.1 Å². The van der Waals surface area contributed by atoms with Gasteiger partial charge in [-0.15, -0.1) is 11.3 Å². The number of nitrogens with zero attached hydrogens (tertiary/aromatic N) is 4. The van der Waals surface area contributed by atoms with Crippen LogP contribution in [0.2, 0.25) is 0 Å². The molecule has 3 aromatic rings. The zero-order chi connectivity index (χ0) is 14.2. The zero-order valence-corrected chi connectivity index (χ0v) is 12.7. The molecule has 1 amide bonds. The second-order valence-electron chi connectivity index (χ2n) is 4.97. The third kappa shape index (κ3) is 2.22. The van der Waals surface area contributed by atoms with Crippen LogP contribution in [0.15, 0.2) is 30.5 Å². The molecule has 1 aromatic carbocycles. The topological polar surface area (TPSA) is 59.0 Å². The highest BCUT2D eigenvalue weighted by atomic mass is 32.1. The summed E-state index contributed by atoms with van der Waals surface area (Å²) in [4.78, 5) is 19.1. The number of thiazole rings is 1. The maximum atomic E-state index is 12.5. The molecule has 1 fully saturated rings. The molecule has 4 rings (SSSR count). The number of carbonyl (C=O) groups excluding carboxylic acids is 1. The molecule has 1 atom stereocenters. The minimum absolute atomic E-state index is 0.0366. The van der Waals surface area contributed by atoms with Gasteiger partial charge in [0.25, 0.3) is 5.91 Å². The SMILES string of the molecule is O=C(c1cnsn1)N1CCC[C@@H]1c1nc2ccccc2s1. The van der Waals surface area contributed by atoms with Gasteiger partial charge in [-0.3, -0.25) is 4.79 Å². The Morgan fingerprint density at radius 3 is 3.05 bits per heavy atom. The lowest BCUT2D eigenvalue weighted by atomic mass is 10.2. The van der Waals surface area contributed by atoms with E-state index in [9.17, 15) is 4.79 Å². The first-order valence-electron chi connectivity index (χ1n) is 6.77. The second kappa shape index (κ2) is 5.16. The van der Waals surface area contributed by atoms with Crippen molar-refractivity contribution in [2.45, 2.75) is 18.9 Å². The number of amides is 1. The van der Waals surface area contributed by atoms with Crippen LogP contribution in [0.3, 0.4) is 0 Å². The van der Waals surface area contributed by atoms with Crippen molar-refractivity contribution in [3.63, 3.8) is 0 Å². The van der Waals surface area contributed by atoms with E-state index in [4.69, 9.17) is 4.98 Å². The van der Waals surface area contributed by atoms with Gasteiger partial charge in [-0.2, -0.15) is 8.75 Å². The smallest absolute Gasteiger partial charge is 0.275 e. The number of hydrogen-bond acceptors (Lipinski definition) is 6. The zero-order valence-electron chi connectivity index (χ0n) is 11.1. The average molecular weight is 316 g/mol. The van der Waals surface area contributed by atoms with Gasteiger partial charge >= 0.3 is 0 Å². The fraction of sp³-hybridized carbons (Fsp3) is 0.286. The first-order chi connectivity index (χ1) is 10.3. The van der Waals surface area contributed by atoms with E-state index >= 15 is 0 Å². The highest BCUT2D eigenvalue weighted by Crippen LogP contribution is 2.37. The number of aromatic nitrogens is 3. The average Bonchev–Trinajstić information content (AvgIpc) is 3.24. The van der Waals surface area contributed by atoms with Crippen LogP contribution in [0, 0.1) is 0 Å². The third-order valence-corrected chi connectivity index (χ3v) is 5.31. The minimum atomic E-state index is -0.0366.